The molecule has 0 bridgehead atoms. The van der Waals surface area contributed by atoms with E-state index in [-0.39, 0.29) is 28.8 Å². The molecule has 2 aromatic rings. The van der Waals surface area contributed by atoms with E-state index in [9.17, 15) is 18.0 Å². The Morgan fingerprint density at radius 3 is 2.26 bits per heavy atom. The Balaban J connectivity index is 2.59. The minimum atomic E-state index is -4.14. The summed E-state index contributed by atoms with van der Waals surface area (Å²) >= 11 is 12.1. The highest BCUT2D eigenvalue weighted by molar-refractivity contribution is 7.92. The van der Waals surface area contributed by atoms with Gasteiger partial charge in [0.05, 0.1) is 16.6 Å². The van der Waals surface area contributed by atoms with Crippen molar-refractivity contribution in [2.45, 2.75) is 31.4 Å². The van der Waals surface area contributed by atoms with E-state index < -0.39 is 28.1 Å². The molecule has 0 aromatic heterocycles. The maximum atomic E-state index is 13.6. The quantitative estimate of drug-likeness (QED) is 0.563. The highest BCUT2D eigenvalue weighted by atomic mass is 35.5. The largest absolute Gasteiger partial charge is 0.461 e. The summed E-state index contributed by atoms with van der Waals surface area (Å²) in [5, 5.41) is 2.96. The number of amides is 1. The van der Waals surface area contributed by atoms with E-state index in [2.05, 4.69) is 5.32 Å². The van der Waals surface area contributed by atoms with Gasteiger partial charge in [0.1, 0.15) is 13.2 Å². The maximum absolute atomic E-state index is 13.6. The molecule has 0 saturated carbocycles. The molecule has 8 nitrogen and oxygen atoms in total. The van der Waals surface area contributed by atoms with Gasteiger partial charge in [0.2, 0.25) is 0 Å². The molecule has 0 aliphatic heterocycles. The molecule has 0 heterocycles. The second-order valence-electron chi connectivity index (χ2n) is 6.51. The zero-order valence-electron chi connectivity index (χ0n) is 17.1. The van der Waals surface area contributed by atoms with Crippen LogP contribution in [-0.4, -0.2) is 40.2 Å². The zero-order chi connectivity index (χ0) is 23.2. The number of rotatable bonds is 8. The lowest BCUT2D eigenvalue weighted by Gasteiger charge is -2.32. The van der Waals surface area contributed by atoms with Crippen molar-refractivity contribution in [1.29, 1.82) is 0 Å². The highest BCUT2D eigenvalue weighted by Crippen LogP contribution is 2.33. The third-order valence-corrected chi connectivity index (χ3v) is 6.58. The van der Waals surface area contributed by atoms with Crippen molar-refractivity contribution in [2.75, 3.05) is 18.0 Å². The Kier molecular flexibility index (Phi) is 8.55. The molecule has 31 heavy (non-hydrogen) atoms. The molecular weight excluding hydrogens is 467 g/mol. The van der Waals surface area contributed by atoms with Gasteiger partial charge >= 0.3 is 12.1 Å². The Bertz CT molecular complexity index is 1040. The first-order valence-corrected chi connectivity index (χ1v) is 11.3. The first kappa shape index (κ1) is 24.8. The smallest absolute Gasteiger partial charge is 0.406 e. The maximum Gasteiger partial charge on any atom is 0.406 e. The van der Waals surface area contributed by atoms with Crippen molar-refractivity contribution in [3.63, 3.8) is 0 Å². The van der Waals surface area contributed by atoms with Crippen molar-refractivity contribution in [1.82, 2.24) is 5.32 Å². The molecule has 168 valence electrons. The molecule has 0 radical (unpaired) electrons. The minimum absolute atomic E-state index is 0.0258. The number of nitrogens with zero attached hydrogens (tertiary/aromatic N) is 1. The molecule has 0 aliphatic carbocycles. The zero-order valence-corrected chi connectivity index (χ0v) is 19.4. The minimum Gasteiger partial charge on any atom is -0.461 e. The van der Waals surface area contributed by atoms with Gasteiger partial charge in [-0.3, -0.25) is 9.10 Å². The van der Waals surface area contributed by atoms with E-state index >= 15 is 0 Å². The van der Waals surface area contributed by atoms with Crippen LogP contribution in [0.4, 0.5) is 10.5 Å². The summed E-state index contributed by atoms with van der Waals surface area (Å²) in [5.41, 5.74) is 0.598. The lowest BCUT2D eigenvalue weighted by molar-refractivity contribution is -0.142. The van der Waals surface area contributed by atoms with Crippen molar-refractivity contribution < 1.29 is 27.5 Å². The molecule has 0 unspecified atom stereocenters. The summed E-state index contributed by atoms with van der Waals surface area (Å²) in [6.07, 6.45) is -0.707. The molecule has 0 saturated heterocycles. The number of carbonyl (C=O) groups excluding carboxylic acids is 2. The van der Waals surface area contributed by atoms with Gasteiger partial charge in [-0.05, 0) is 43.3 Å². The number of nitrogens with one attached hydrogen (secondary N) is 1. The molecule has 11 heteroatoms. The van der Waals surface area contributed by atoms with Gasteiger partial charge in [-0.25, -0.2) is 13.2 Å². The van der Waals surface area contributed by atoms with Crippen LogP contribution in [0, 0.1) is 0 Å². The number of carbonyl (C=O) groups is 2. The van der Waals surface area contributed by atoms with Crippen LogP contribution in [0.1, 0.15) is 19.4 Å². The molecule has 1 amide bonds. The fourth-order valence-electron chi connectivity index (χ4n) is 2.70. The predicted octanol–water partition coefficient (Wildman–Crippen LogP) is 4.00. The van der Waals surface area contributed by atoms with Crippen LogP contribution in [0.15, 0.2) is 47.4 Å². The Morgan fingerprint density at radius 2 is 1.68 bits per heavy atom. The molecule has 0 fully saturated rings. The van der Waals surface area contributed by atoms with E-state index in [0.29, 0.717) is 10.6 Å². The van der Waals surface area contributed by atoms with Crippen LogP contribution >= 0.6 is 23.2 Å². The van der Waals surface area contributed by atoms with E-state index in [4.69, 9.17) is 32.7 Å². The summed E-state index contributed by atoms with van der Waals surface area (Å²) in [6, 6.07) is 9.39. The normalized spacial score (nSPS) is 12.0. The molecule has 1 N–H and O–H groups in total. The first-order valence-electron chi connectivity index (χ1n) is 9.12. The second-order valence-corrected chi connectivity index (χ2v) is 9.19. The number of halogens is 2. The molecule has 0 aliphatic rings. The van der Waals surface area contributed by atoms with Gasteiger partial charge in [-0.2, -0.15) is 0 Å². The van der Waals surface area contributed by atoms with Gasteiger partial charge in [0, 0.05) is 29.6 Å². The van der Waals surface area contributed by atoms with Gasteiger partial charge in [0.15, 0.2) is 0 Å². The number of esters is 1. The van der Waals surface area contributed by atoms with E-state index in [0.717, 1.165) is 4.31 Å². The van der Waals surface area contributed by atoms with Crippen LogP contribution in [0.25, 0.3) is 0 Å². The Morgan fingerprint density at radius 1 is 1.06 bits per heavy atom. The summed E-state index contributed by atoms with van der Waals surface area (Å²) in [6.45, 7) is 2.41. The van der Waals surface area contributed by atoms with Crippen LogP contribution in [0.5, 0.6) is 0 Å². The summed E-state index contributed by atoms with van der Waals surface area (Å²) in [7, 11) is -2.75. The van der Waals surface area contributed by atoms with E-state index in [1.807, 2.05) is 0 Å². The number of sulfonamides is 1. The topological polar surface area (TPSA) is 102 Å². The molecule has 0 spiro atoms. The molecule has 2 aromatic carbocycles. The van der Waals surface area contributed by atoms with Crippen LogP contribution < -0.4 is 9.62 Å². The summed E-state index contributed by atoms with van der Waals surface area (Å²) in [4.78, 5) is 22.8. The van der Waals surface area contributed by atoms with Crippen LogP contribution in [0.3, 0.4) is 0 Å². The number of benzene rings is 2. The fraction of sp³-hybridized carbons (Fsp3) is 0.300. The number of anilines is 1. The van der Waals surface area contributed by atoms with Gasteiger partial charge < -0.3 is 14.8 Å². The standard InChI is InChI=1S/C20H22Cl2N2O6S/c1-13(11-30-20(26)23-3)24(31(27,28)18-8-6-16(21)7-9-18)19-10-17(22)5-4-15(19)12-29-14(2)25/h4-10,13H,11-12H2,1-3H3,(H,23,26)/t13-/m1/s1. The molecule has 2 rings (SSSR count). The van der Waals surface area contributed by atoms with Gasteiger partial charge in [-0.15, -0.1) is 0 Å². The third-order valence-electron chi connectivity index (χ3n) is 4.15. The third kappa shape index (κ3) is 6.49. The van der Waals surface area contributed by atoms with Gasteiger partial charge in [0.25, 0.3) is 10.0 Å². The summed E-state index contributed by atoms with van der Waals surface area (Å²) < 4.78 is 38.4. The van der Waals surface area contributed by atoms with E-state index in [1.165, 1.54) is 44.3 Å². The SMILES string of the molecule is CNC(=O)OC[C@@H](C)N(c1cc(Cl)ccc1COC(C)=O)S(=O)(=O)c1ccc(Cl)cc1. The monoisotopic (exact) mass is 488 g/mol. The number of ether oxygens (including phenoxy) is 2. The number of hydrogen-bond donors (Lipinski definition) is 1. The second kappa shape index (κ2) is 10.7. The predicted molar refractivity (Wildman–Crippen MR) is 118 cm³/mol. The van der Waals surface area contributed by atoms with Gasteiger partial charge in [-0.1, -0.05) is 29.3 Å². The molecular formula is C20H22Cl2N2O6S. The lowest BCUT2D eigenvalue weighted by atomic mass is 10.1. The van der Waals surface area contributed by atoms with Crippen molar-refractivity contribution in [3.05, 3.63) is 58.1 Å². The lowest BCUT2D eigenvalue weighted by Crippen LogP contribution is -2.43. The van der Waals surface area contributed by atoms with Crippen molar-refractivity contribution in [2.24, 2.45) is 0 Å². The van der Waals surface area contributed by atoms with E-state index in [1.54, 1.807) is 19.1 Å². The highest BCUT2D eigenvalue weighted by Gasteiger charge is 2.32. The van der Waals surface area contributed by atoms with Crippen LogP contribution in [-0.2, 0) is 30.9 Å². The van der Waals surface area contributed by atoms with Crippen LogP contribution in [0.2, 0.25) is 10.0 Å². The first-order chi connectivity index (χ1) is 14.6. The Hall–Kier alpha value is -2.49. The summed E-state index contributed by atoms with van der Waals surface area (Å²) in [5.74, 6) is -0.524. The average molecular weight is 489 g/mol. The fourth-order valence-corrected chi connectivity index (χ4v) is 4.67. The molecule has 1 atom stereocenters. The van der Waals surface area contributed by atoms with Crippen molar-refractivity contribution >= 4 is 51.0 Å². The Labute approximate surface area is 191 Å². The average Bonchev–Trinajstić information content (AvgIpc) is 2.71. The number of alkyl carbamates (subject to hydrolysis) is 1. The number of hydrogen-bond acceptors (Lipinski definition) is 6. The van der Waals surface area contributed by atoms with Crippen molar-refractivity contribution in [3.8, 4) is 0 Å².